The summed E-state index contributed by atoms with van der Waals surface area (Å²) >= 11 is 0. The lowest BCUT2D eigenvalue weighted by Gasteiger charge is -2.31. The second-order valence-electron chi connectivity index (χ2n) is 7.54. The topological polar surface area (TPSA) is 111 Å². The van der Waals surface area contributed by atoms with Gasteiger partial charge in [-0.3, -0.25) is 0 Å². The van der Waals surface area contributed by atoms with Crippen LogP contribution in [0.2, 0.25) is 0 Å². The number of hydrogen-bond donors (Lipinski definition) is 1. The predicted molar refractivity (Wildman–Crippen MR) is 113 cm³/mol. The third kappa shape index (κ3) is 3.74. The van der Waals surface area contributed by atoms with Crippen molar-refractivity contribution in [1.82, 2.24) is 9.29 Å². The van der Waals surface area contributed by atoms with Gasteiger partial charge < -0.3 is 4.98 Å². The van der Waals surface area contributed by atoms with Crippen LogP contribution in [0.1, 0.15) is 29.9 Å². The fourth-order valence-electron chi connectivity index (χ4n) is 3.96. The predicted octanol–water partition coefficient (Wildman–Crippen LogP) is 3.01. The number of nitriles is 1. The lowest BCUT2D eigenvalue weighted by atomic mass is 9.90. The summed E-state index contributed by atoms with van der Waals surface area (Å²) in [6.45, 7) is 0.761. The Morgan fingerprint density at radius 2 is 1.63 bits per heavy atom. The molecule has 0 bridgehead atoms. The Morgan fingerprint density at radius 3 is 2.23 bits per heavy atom. The highest BCUT2D eigenvalue weighted by molar-refractivity contribution is 7.90. The molecule has 0 radical (unpaired) electrons. The molecule has 1 saturated heterocycles. The summed E-state index contributed by atoms with van der Waals surface area (Å²) in [5, 5.41) is 10.2. The molecule has 0 aliphatic carbocycles. The molecule has 1 N–H and O–H groups in total. The number of nitrogens with zero attached hydrogens (tertiary/aromatic N) is 2. The zero-order chi connectivity index (χ0) is 21.5. The van der Waals surface area contributed by atoms with Gasteiger partial charge in [0.15, 0.2) is 9.84 Å². The summed E-state index contributed by atoms with van der Waals surface area (Å²) in [6.07, 6.45) is 4.38. The molecule has 0 amide bonds. The average Bonchev–Trinajstić information content (AvgIpc) is 3.16. The van der Waals surface area contributed by atoms with Crippen molar-refractivity contribution >= 4 is 30.8 Å². The second kappa shape index (κ2) is 7.54. The van der Waals surface area contributed by atoms with Crippen molar-refractivity contribution in [3.05, 3.63) is 59.8 Å². The third-order valence-electron chi connectivity index (χ3n) is 5.63. The van der Waals surface area contributed by atoms with E-state index >= 15 is 0 Å². The zero-order valence-electron chi connectivity index (χ0n) is 16.4. The van der Waals surface area contributed by atoms with Crippen LogP contribution in [0, 0.1) is 11.3 Å². The van der Waals surface area contributed by atoms with E-state index in [9.17, 15) is 16.8 Å². The molecule has 2 aromatic carbocycles. The van der Waals surface area contributed by atoms with Gasteiger partial charge in [-0.05, 0) is 66.8 Å². The lowest BCUT2D eigenvalue weighted by molar-refractivity contribution is 0.320. The van der Waals surface area contributed by atoms with Crippen LogP contribution in [0.25, 0.3) is 10.9 Å². The zero-order valence-corrected chi connectivity index (χ0v) is 18.0. The van der Waals surface area contributed by atoms with Gasteiger partial charge in [0.25, 0.3) is 0 Å². The van der Waals surface area contributed by atoms with Gasteiger partial charge in [-0.2, -0.15) is 9.57 Å². The highest BCUT2D eigenvalue weighted by Crippen LogP contribution is 2.35. The van der Waals surface area contributed by atoms with Crippen LogP contribution in [-0.2, 0) is 19.9 Å². The first-order valence-electron chi connectivity index (χ1n) is 9.51. The van der Waals surface area contributed by atoms with Gasteiger partial charge in [-0.1, -0.05) is 0 Å². The number of sulfonamides is 1. The smallest absolute Gasteiger partial charge is 0.243 e. The molecular formula is C21H21N3O4S2. The van der Waals surface area contributed by atoms with Crippen LogP contribution < -0.4 is 0 Å². The number of aromatic amines is 1. The Labute approximate surface area is 175 Å². The Balaban J connectivity index is 1.52. The van der Waals surface area contributed by atoms with Crippen molar-refractivity contribution in [3.63, 3.8) is 0 Å². The summed E-state index contributed by atoms with van der Waals surface area (Å²) in [4.78, 5) is 3.42. The first kappa shape index (κ1) is 20.6. The van der Waals surface area contributed by atoms with Crippen LogP contribution in [0.15, 0.2) is 58.5 Å². The normalized spacial score (nSPS) is 16.5. The van der Waals surface area contributed by atoms with Gasteiger partial charge in [0.2, 0.25) is 10.0 Å². The Hall–Kier alpha value is -2.67. The number of piperidine rings is 1. The standard InChI is InChI=1S/C21H21N3O4S2/c1-29(25,26)17-3-5-18(6-4-17)30(27,28)24-10-8-16(9-11-24)20-14-23-21-7-2-15(13-22)12-19(20)21/h2-7,12,14,16,23H,8-11H2,1H3. The molecule has 0 spiro atoms. The van der Waals surface area contributed by atoms with E-state index in [2.05, 4.69) is 11.1 Å². The van der Waals surface area contributed by atoms with Crippen molar-refractivity contribution in [2.45, 2.75) is 28.6 Å². The molecule has 156 valence electrons. The number of H-pyrrole nitrogens is 1. The summed E-state index contributed by atoms with van der Waals surface area (Å²) in [5.74, 6) is 0.201. The first-order chi connectivity index (χ1) is 14.2. The van der Waals surface area contributed by atoms with E-state index in [1.165, 1.54) is 28.6 Å². The van der Waals surface area contributed by atoms with E-state index in [-0.39, 0.29) is 15.7 Å². The number of aromatic nitrogens is 1. The van der Waals surface area contributed by atoms with E-state index in [4.69, 9.17) is 5.26 Å². The van der Waals surface area contributed by atoms with Gasteiger partial charge >= 0.3 is 0 Å². The van der Waals surface area contributed by atoms with Crippen molar-refractivity contribution in [2.24, 2.45) is 0 Å². The van der Waals surface area contributed by atoms with E-state index in [0.29, 0.717) is 31.5 Å². The first-order valence-corrected chi connectivity index (χ1v) is 12.8. The SMILES string of the molecule is CS(=O)(=O)c1ccc(S(=O)(=O)N2CCC(c3c[nH]c4ccc(C#N)cc34)CC2)cc1. The fourth-order valence-corrected chi connectivity index (χ4v) is 6.06. The molecule has 7 nitrogen and oxygen atoms in total. The summed E-state index contributed by atoms with van der Waals surface area (Å²) in [6, 6.07) is 13.0. The van der Waals surface area contributed by atoms with Crippen LogP contribution in [0.3, 0.4) is 0 Å². The minimum Gasteiger partial charge on any atom is -0.361 e. The molecule has 1 aliphatic rings. The number of nitrogens with one attached hydrogen (secondary N) is 1. The number of rotatable bonds is 4. The van der Waals surface area contributed by atoms with E-state index in [0.717, 1.165) is 22.7 Å². The van der Waals surface area contributed by atoms with E-state index in [1.807, 2.05) is 18.3 Å². The molecule has 0 atom stereocenters. The molecule has 0 unspecified atom stereocenters. The third-order valence-corrected chi connectivity index (χ3v) is 8.67. The van der Waals surface area contributed by atoms with Gasteiger partial charge in [-0.25, -0.2) is 16.8 Å². The largest absolute Gasteiger partial charge is 0.361 e. The molecule has 4 rings (SSSR count). The van der Waals surface area contributed by atoms with E-state index < -0.39 is 19.9 Å². The highest BCUT2D eigenvalue weighted by atomic mass is 32.2. The van der Waals surface area contributed by atoms with Crippen molar-refractivity contribution in [3.8, 4) is 6.07 Å². The molecule has 9 heteroatoms. The molecule has 30 heavy (non-hydrogen) atoms. The minimum atomic E-state index is -3.68. The molecule has 1 aliphatic heterocycles. The second-order valence-corrected chi connectivity index (χ2v) is 11.5. The maximum absolute atomic E-state index is 13.0. The van der Waals surface area contributed by atoms with Gasteiger partial charge in [0, 0.05) is 36.4 Å². The van der Waals surface area contributed by atoms with Crippen molar-refractivity contribution < 1.29 is 16.8 Å². The average molecular weight is 444 g/mol. The van der Waals surface area contributed by atoms with Gasteiger partial charge in [0.1, 0.15) is 0 Å². The maximum atomic E-state index is 13.0. The van der Waals surface area contributed by atoms with Crippen LogP contribution in [-0.4, -0.2) is 45.5 Å². The molecule has 2 heterocycles. The van der Waals surface area contributed by atoms with E-state index in [1.54, 1.807) is 6.07 Å². The molecular weight excluding hydrogens is 422 g/mol. The summed E-state index contributed by atoms with van der Waals surface area (Å²) < 4.78 is 50.6. The lowest BCUT2D eigenvalue weighted by Crippen LogP contribution is -2.37. The van der Waals surface area contributed by atoms with Crippen molar-refractivity contribution in [1.29, 1.82) is 5.26 Å². The van der Waals surface area contributed by atoms with Crippen LogP contribution in [0.5, 0.6) is 0 Å². The quantitative estimate of drug-likeness (QED) is 0.666. The highest BCUT2D eigenvalue weighted by Gasteiger charge is 2.31. The number of benzene rings is 2. The number of fused-ring (bicyclic) bond motifs is 1. The Morgan fingerprint density at radius 1 is 1.00 bits per heavy atom. The molecule has 0 saturated carbocycles. The molecule has 3 aromatic rings. The van der Waals surface area contributed by atoms with Crippen molar-refractivity contribution in [2.75, 3.05) is 19.3 Å². The molecule has 1 fully saturated rings. The molecule has 1 aromatic heterocycles. The number of hydrogen-bond acceptors (Lipinski definition) is 5. The monoisotopic (exact) mass is 443 g/mol. The Bertz CT molecular complexity index is 1340. The number of sulfone groups is 1. The maximum Gasteiger partial charge on any atom is 0.243 e. The Kier molecular flexibility index (Phi) is 5.18. The summed E-state index contributed by atoms with van der Waals surface area (Å²) in [5.41, 5.74) is 2.67. The van der Waals surface area contributed by atoms with Crippen LogP contribution in [0.4, 0.5) is 0 Å². The minimum absolute atomic E-state index is 0.0937. The van der Waals surface area contributed by atoms with Gasteiger partial charge in [-0.15, -0.1) is 0 Å². The van der Waals surface area contributed by atoms with Gasteiger partial charge in [0.05, 0.1) is 21.4 Å². The van der Waals surface area contributed by atoms with Crippen LogP contribution >= 0.6 is 0 Å². The fraction of sp³-hybridized carbons (Fsp3) is 0.286. The summed E-state index contributed by atoms with van der Waals surface area (Å²) in [7, 11) is -7.06.